The van der Waals surface area contributed by atoms with Gasteiger partial charge in [-0.25, -0.2) is 4.79 Å². The summed E-state index contributed by atoms with van der Waals surface area (Å²) in [7, 11) is 3.16. The zero-order valence-electron chi connectivity index (χ0n) is 11.2. The molecule has 5 heteroatoms. The molecule has 19 heavy (non-hydrogen) atoms. The third kappa shape index (κ3) is 2.56. The summed E-state index contributed by atoms with van der Waals surface area (Å²) >= 11 is 0. The molecule has 0 radical (unpaired) electrons. The van der Waals surface area contributed by atoms with Gasteiger partial charge in [0.25, 0.3) is 0 Å². The van der Waals surface area contributed by atoms with Gasteiger partial charge in [-0.1, -0.05) is 6.92 Å². The van der Waals surface area contributed by atoms with Crippen molar-refractivity contribution in [3.05, 3.63) is 47.3 Å². The van der Waals surface area contributed by atoms with Crippen molar-refractivity contribution in [2.75, 3.05) is 14.2 Å². The Morgan fingerprint density at radius 3 is 2.84 bits per heavy atom. The molecule has 0 aromatic carbocycles. The highest BCUT2D eigenvalue weighted by molar-refractivity contribution is 5.86. The first-order chi connectivity index (χ1) is 9.21. The largest absolute Gasteiger partial charge is 0.469 e. The molecule has 1 N–H and O–H groups in total. The van der Waals surface area contributed by atoms with Gasteiger partial charge in [-0.15, -0.1) is 0 Å². The lowest BCUT2D eigenvalue weighted by Crippen LogP contribution is -2.17. The second-order valence-electron chi connectivity index (χ2n) is 4.07. The Labute approximate surface area is 111 Å². The minimum atomic E-state index is -0.482. The zero-order valence-corrected chi connectivity index (χ0v) is 11.2. The van der Waals surface area contributed by atoms with Crippen molar-refractivity contribution in [3.8, 4) is 0 Å². The molecule has 1 atom stereocenters. The number of carbonyl (C=O) groups excluding carboxylic acids is 1. The average Bonchev–Trinajstić information content (AvgIpc) is 3.08. The Morgan fingerprint density at radius 2 is 2.21 bits per heavy atom. The molecule has 2 aromatic rings. The molecule has 0 aliphatic rings. The van der Waals surface area contributed by atoms with Crippen molar-refractivity contribution >= 4 is 5.97 Å². The minimum absolute atomic E-state index is 0.146. The van der Waals surface area contributed by atoms with Gasteiger partial charge >= 0.3 is 5.97 Å². The van der Waals surface area contributed by atoms with Crippen LogP contribution in [0.4, 0.5) is 0 Å². The highest BCUT2D eigenvalue weighted by Gasteiger charge is 2.22. The number of nitrogens with one attached hydrogen (secondary N) is 1. The SMILES string of the molecule is CCc1occc1C(NC)c1ccc(C(=O)OC)o1. The van der Waals surface area contributed by atoms with E-state index in [9.17, 15) is 4.79 Å². The minimum Gasteiger partial charge on any atom is -0.469 e. The topological polar surface area (TPSA) is 64.6 Å². The van der Waals surface area contributed by atoms with E-state index in [-0.39, 0.29) is 11.8 Å². The molecule has 1 unspecified atom stereocenters. The standard InChI is InChI=1S/C14H17NO4/c1-4-10-9(7-8-18-10)13(15-2)11-5-6-12(19-11)14(16)17-3/h5-8,13,15H,4H2,1-3H3. The van der Waals surface area contributed by atoms with Gasteiger partial charge in [0.05, 0.1) is 19.4 Å². The highest BCUT2D eigenvalue weighted by atomic mass is 16.5. The van der Waals surface area contributed by atoms with Crippen LogP contribution in [0.5, 0.6) is 0 Å². The predicted molar refractivity (Wildman–Crippen MR) is 69.0 cm³/mol. The lowest BCUT2D eigenvalue weighted by Gasteiger charge is -2.13. The molecule has 102 valence electrons. The summed E-state index contributed by atoms with van der Waals surface area (Å²) < 4.78 is 15.6. The normalized spacial score (nSPS) is 12.4. The summed E-state index contributed by atoms with van der Waals surface area (Å²) in [6, 6.07) is 5.13. The Balaban J connectivity index is 2.32. The van der Waals surface area contributed by atoms with Gasteiger partial charge in [0.2, 0.25) is 5.76 Å². The zero-order chi connectivity index (χ0) is 13.8. The van der Waals surface area contributed by atoms with Crippen molar-refractivity contribution < 1.29 is 18.4 Å². The molecule has 2 heterocycles. The van der Waals surface area contributed by atoms with E-state index in [1.54, 1.807) is 18.4 Å². The Morgan fingerprint density at radius 1 is 1.42 bits per heavy atom. The summed E-state index contributed by atoms with van der Waals surface area (Å²) in [4.78, 5) is 11.4. The molecular formula is C14H17NO4. The molecule has 2 aromatic heterocycles. The number of furan rings is 2. The fourth-order valence-electron chi connectivity index (χ4n) is 2.06. The molecule has 0 bridgehead atoms. The summed E-state index contributed by atoms with van der Waals surface area (Å²) in [6.45, 7) is 2.02. The third-order valence-corrected chi connectivity index (χ3v) is 3.00. The number of methoxy groups -OCH3 is 1. The lowest BCUT2D eigenvalue weighted by atomic mass is 10.0. The molecule has 0 saturated heterocycles. The maximum Gasteiger partial charge on any atom is 0.373 e. The van der Waals surface area contributed by atoms with Gasteiger partial charge in [-0.2, -0.15) is 0 Å². The Kier molecular flexibility index (Phi) is 4.06. The fourth-order valence-corrected chi connectivity index (χ4v) is 2.06. The van der Waals surface area contributed by atoms with Crippen molar-refractivity contribution in [2.45, 2.75) is 19.4 Å². The highest BCUT2D eigenvalue weighted by Crippen LogP contribution is 2.27. The Bertz CT molecular complexity index is 555. The monoisotopic (exact) mass is 263 g/mol. The van der Waals surface area contributed by atoms with Crippen LogP contribution in [0.25, 0.3) is 0 Å². The van der Waals surface area contributed by atoms with Crippen LogP contribution < -0.4 is 5.32 Å². The van der Waals surface area contributed by atoms with Crippen LogP contribution in [0.2, 0.25) is 0 Å². The van der Waals surface area contributed by atoms with E-state index in [0.717, 1.165) is 17.7 Å². The first-order valence-corrected chi connectivity index (χ1v) is 6.12. The molecule has 5 nitrogen and oxygen atoms in total. The van der Waals surface area contributed by atoms with E-state index in [2.05, 4.69) is 10.1 Å². The van der Waals surface area contributed by atoms with E-state index in [1.165, 1.54) is 7.11 Å². The van der Waals surface area contributed by atoms with Crippen LogP contribution in [0.1, 0.15) is 40.6 Å². The predicted octanol–water partition coefficient (Wildman–Crippen LogP) is 2.53. The molecule has 0 aliphatic heterocycles. The number of rotatable bonds is 5. The van der Waals surface area contributed by atoms with E-state index < -0.39 is 5.97 Å². The summed E-state index contributed by atoms with van der Waals surface area (Å²) in [5.41, 5.74) is 1.01. The fraction of sp³-hybridized carbons (Fsp3) is 0.357. The number of ether oxygens (including phenoxy) is 1. The van der Waals surface area contributed by atoms with Crippen LogP contribution in [-0.2, 0) is 11.2 Å². The Hall–Kier alpha value is -2.01. The summed E-state index contributed by atoms with van der Waals surface area (Å²) in [5.74, 6) is 1.26. The molecule has 2 rings (SSSR count). The third-order valence-electron chi connectivity index (χ3n) is 3.00. The first kappa shape index (κ1) is 13.4. The first-order valence-electron chi connectivity index (χ1n) is 6.12. The summed E-state index contributed by atoms with van der Waals surface area (Å²) in [6.07, 6.45) is 2.45. The van der Waals surface area contributed by atoms with Crippen LogP contribution in [-0.4, -0.2) is 20.1 Å². The number of esters is 1. The maximum atomic E-state index is 11.4. The van der Waals surface area contributed by atoms with Gasteiger partial charge in [-0.05, 0) is 25.2 Å². The molecule has 0 aliphatic carbocycles. The van der Waals surface area contributed by atoms with E-state index >= 15 is 0 Å². The van der Waals surface area contributed by atoms with Gasteiger partial charge in [0.1, 0.15) is 11.5 Å². The smallest absolute Gasteiger partial charge is 0.373 e. The van der Waals surface area contributed by atoms with Gasteiger partial charge in [-0.3, -0.25) is 0 Å². The van der Waals surface area contributed by atoms with Crippen molar-refractivity contribution in [3.63, 3.8) is 0 Å². The maximum absolute atomic E-state index is 11.4. The quantitative estimate of drug-likeness (QED) is 0.840. The molecule has 0 fully saturated rings. The number of carbonyl (C=O) groups is 1. The molecule has 0 amide bonds. The average molecular weight is 263 g/mol. The van der Waals surface area contributed by atoms with Crippen molar-refractivity contribution in [1.29, 1.82) is 0 Å². The van der Waals surface area contributed by atoms with Crippen LogP contribution in [0, 0.1) is 0 Å². The van der Waals surface area contributed by atoms with Crippen LogP contribution >= 0.6 is 0 Å². The van der Waals surface area contributed by atoms with Crippen LogP contribution in [0.15, 0.2) is 33.3 Å². The van der Waals surface area contributed by atoms with Crippen LogP contribution in [0.3, 0.4) is 0 Å². The molecular weight excluding hydrogens is 246 g/mol. The molecule has 0 saturated carbocycles. The molecule has 0 spiro atoms. The second kappa shape index (κ2) is 5.75. The van der Waals surface area contributed by atoms with E-state index in [4.69, 9.17) is 8.83 Å². The second-order valence-corrected chi connectivity index (χ2v) is 4.07. The van der Waals surface area contributed by atoms with Crippen molar-refractivity contribution in [2.24, 2.45) is 0 Å². The van der Waals surface area contributed by atoms with Gasteiger partial charge in [0, 0.05) is 12.0 Å². The van der Waals surface area contributed by atoms with Crippen molar-refractivity contribution in [1.82, 2.24) is 5.32 Å². The number of hydrogen-bond donors (Lipinski definition) is 1. The van der Waals surface area contributed by atoms with Gasteiger partial charge in [0.15, 0.2) is 0 Å². The number of aryl methyl sites for hydroxylation is 1. The summed E-state index contributed by atoms with van der Waals surface area (Å²) in [5, 5.41) is 3.16. The van der Waals surface area contributed by atoms with E-state index in [1.807, 2.05) is 20.0 Å². The number of hydrogen-bond acceptors (Lipinski definition) is 5. The van der Waals surface area contributed by atoms with Gasteiger partial charge < -0.3 is 18.9 Å². The van der Waals surface area contributed by atoms with E-state index in [0.29, 0.717) is 5.76 Å². The lowest BCUT2D eigenvalue weighted by molar-refractivity contribution is 0.0562.